The average molecular weight is 225 g/mol. The molecule has 1 aromatic carbocycles. The molecule has 0 saturated carbocycles. The van der Waals surface area contributed by atoms with E-state index in [9.17, 15) is 4.79 Å². The molecule has 2 heterocycles. The number of carbonyl (C=O) groups is 1. The number of aryl methyl sites for hydroxylation is 1. The molecule has 0 unspecified atom stereocenters. The van der Waals surface area contributed by atoms with Gasteiger partial charge in [-0.1, -0.05) is 18.2 Å². The summed E-state index contributed by atoms with van der Waals surface area (Å²) in [6, 6.07) is 7.67. The van der Waals surface area contributed by atoms with Gasteiger partial charge in [-0.2, -0.15) is 5.10 Å². The Balaban J connectivity index is 2.13. The first kappa shape index (κ1) is 9.84. The van der Waals surface area contributed by atoms with E-state index in [-0.39, 0.29) is 5.91 Å². The van der Waals surface area contributed by atoms with E-state index >= 15 is 0 Å². The predicted molar refractivity (Wildman–Crippen MR) is 66.3 cm³/mol. The summed E-state index contributed by atoms with van der Waals surface area (Å²) in [6.45, 7) is 1.93. The molecule has 3 rings (SSSR count). The average Bonchev–Trinajstić information content (AvgIpc) is 2.85. The van der Waals surface area contributed by atoms with Crippen LogP contribution in [0.3, 0.4) is 0 Å². The number of benzene rings is 1. The number of hydrogen-bond acceptors (Lipinski definition) is 2. The Bertz CT molecular complexity index is 625. The number of para-hydroxylation sites is 1. The van der Waals surface area contributed by atoms with Gasteiger partial charge in [0.25, 0.3) is 5.91 Å². The SMILES string of the molecule is Cc1[nH]ncc1C=C1C(=O)Nc2ccccc21. The summed E-state index contributed by atoms with van der Waals surface area (Å²) in [5, 5.41) is 9.64. The first-order valence-corrected chi connectivity index (χ1v) is 5.38. The highest BCUT2D eigenvalue weighted by Gasteiger charge is 2.23. The molecule has 0 atom stereocenters. The molecule has 17 heavy (non-hydrogen) atoms. The monoisotopic (exact) mass is 225 g/mol. The molecular formula is C13H11N3O. The molecular weight excluding hydrogens is 214 g/mol. The highest BCUT2D eigenvalue weighted by Crippen LogP contribution is 2.32. The van der Waals surface area contributed by atoms with Crippen LogP contribution in [-0.4, -0.2) is 16.1 Å². The first-order valence-electron chi connectivity index (χ1n) is 5.38. The molecule has 1 aliphatic rings. The van der Waals surface area contributed by atoms with E-state index in [4.69, 9.17) is 0 Å². The predicted octanol–water partition coefficient (Wildman–Crippen LogP) is 2.21. The number of carbonyl (C=O) groups excluding carboxylic acids is 1. The molecule has 0 spiro atoms. The molecule has 2 aromatic rings. The van der Waals surface area contributed by atoms with E-state index in [1.165, 1.54) is 0 Å². The van der Waals surface area contributed by atoms with Crippen molar-refractivity contribution in [1.29, 1.82) is 0 Å². The second-order valence-corrected chi connectivity index (χ2v) is 4.01. The van der Waals surface area contributed by atoms with Gasteiger partial charge in [-0.25, -0.2) is 0 Å². The fourth-order valence-electron chi connectivity index (χ4n) is 1.94. The van der Waals surface area contributed by atoms with Crippen molar-refractivity contribution in [3.05, 3.63) is 47.3 Å². The zero-order valence-corrected chi connectivity index (χ0v) is 9.32. The van der Waals surface area contributed by atoms with Crippen LogP contribution in [-0.2, 0) is 4.79 Å². The lowest BCUT2D eigenvalue weighted by molar-refractivity contribution is -0.110. The number of fused-ring (bicyclic) bond motifs is 1. The quantitative estimate of drug-likeness (QED) is 0.731. The van der Waals surface area contributed by atoms with Crippen LogP contribution in [0.4, 0.5) is 5.69 Å². The van der Waals surface area contributed by atoms with E-state index in [0.29, 0.717) is 5.57 Å². The van der Waals surface area contributed by atoms with Gasteiger partial charge in [-0.3, -0.25) is 9.89 Å². The summed E-state index contributed by atoms with van der Waals surface area (Å²) < 4.78 is 0. The summed E-state index contributed by atoms with van der Waals surface area (Å²) >= 11 is 0. The standard InChI is InChI=1S/C13H11N3O/c1-8-9(7-14-16-8)6-11-10-4-2-3-5-12(10)15-13(11)17/h2-7H,1H3,(H,14,16)(H,15,17). The van der Waals surface area contributed by atoms with Gasteiger partial charge < -0.3 is 5.32 Å². The van der Waals surface area contributed by atoms with Gasteiger partial charge in [-0.15, -0.1) is 0 Å². The summed E-state index contributed by atoms with van der Waals surface area (Å²) in [7, 11) is 0. The molecule has 4 nitrogen and oxygen atoms in total. The van der Waals surface area contributed by atoms with Gasteiger partial charge in [0.05, 0.1) is 6.20 Å². The highest BCUT2D eigenvalue weighted by molar-refractivity contribution is 6.34. The molecule has 1 aliphatic heterocycles. The number of rotatable bonds is 1. The van der Waals surface area contributed by atoms with Gasteiger partial charge in [0.1, 0.15) is 0 Å². The Morgan fingerprint density at radius 2 is 2.12 bits per heavy atom. The van der Waals surface area contributed by atoms with Crippen LogP contribution < -0.4 is 5.32 Å². The molecule has 0 aliphatic carbocycles. The second-order valence-electron chi connectivity index (χ2n) is 4.01. The van der Waals surface area contributed by atoms with Crippen LogP contribution >= 0.6 is 0 Å². The van der Waals surface area contributed by atoms with Crippen LogP contribution in [0.1, 0.15) is 16.8 Å². The zero-order valence-electron chi connectivity index (χ0n) is 9.32. The number of nitrogens with zero attached hydrogens (tertiary/aromatic N) is 1. The lowest BCUT2D eigenvalue weighted by atomic mass is 10.0. The van der Waals surface area contributed by atoms with E-state index in [0.717, 1.165) is 22.5 Å². The van der Waals surface area contributed by atoms with Crippen molar-refractivity contribution < 1.29 is 4.79 Å². The van der Waals surface area contributed by atoms with Crippen LogP contribution in [0, 0.1) is 6.92 Å². The minimum atomic E-state index is -0.0631. The topological polar surface area (TPSA) is 57.8 Å². The molecule has 0 radical (unpaired) electrons. The van der Waals surface area contributed by atoms with Crippen molar-refractivity contribution in [2.45, 2.75) is 6.92 Å². The normalized spacial score (nSPS) is 16.1. The number of aromatic nitrogens is 2. The molecule has 2 N–H and O–H groups in total. The minimum Gasteiger partial charge on any atom is -0.321 e. The van der Waals surface area contributed by atoms with Crippen LogP contribution in [0.25, 0.3) is 11.6 Å². The van der Waals surface area contributed by atoms with Crippen LogP contribution in [0.5, 0.6) is 0 Å². The van der Waals surface area contributed by atoms with Gasteiger partial charge >= 0.3 is 0 Å². The number of nitrogens with one attached hydrogen (secondary N) is 2. The third-order valence-electron chi connectivity index (χ3n) is 2.88. The van der Waals surface area contributed by atoms with E-state index in [2.05, 4.69) is 15.5 Å². The lowest BCUT2D eigenvalue weighted by Crippen LogP contribution is -2.03. The molecule has 0 saturated heterocycles. The molecule has 0 fully saturated rings. The Morgan fingerprint density at radius 3 is 2.88 bits per heavy atom. The van der Waals surface area contributed by atoms with Gasteiger partial charge in [0.2, 0.25) is 0 Å². The molecule has 1 aromatic heterocycles. The Morgan fingerprint density at radius 1 is 1.29 bits per heavy atom. The molecule has 1 amide bonds. The maximum Gasteiger partial charge on any atom is 0.256 e. The fourth-order valence-corrected chi connectivity index (χ4v) is 1.94. The van der Waals surface area contributed by atoms with Crippen LogP contribution in [0.2, 0.25) is 0 Å². The van der Waals surface area contributed by atoms with E-state index < -0.39 is 0 Å². The van der Waals surface area contributed by atoms with Crippen molar-refractivity contribution in [3.63, 3.8) is 0 Å². The van der Waals surface area contributed by atoms with Gasteiger partial charge in [0.15, 0.2) is 0 Å². The minimum absolute atomic E-state index is 0.0631. The number of H-pyrrole nitrogens is 1. The number of amides is 1. The van der Waals surface area contributed by atoms with Crippen molar-refractivity contribution in [2.24, 2.45) is 0 Å². The maximum atomic E-state index is 11.9. The van der Waals surface area contributed by atoms with Crippen LogP contribution in [0.15, 0.2) is 30.5 Å². The third kappa shape index (κ3) is 1.54. The highest BCUT2D eigenvalue weighted by atomic mass is 16.2. The maximum absolute atomic E-state index is 11.9. The lowest BCUT2D eigenvalue weighted by Gasteiger charge is -1.96. The molecule has 84 valence electrons. The van der Waals surface area contributed by atoms with Crippen molar-refractivity contribution in [1.82, 2.24) is 10.2 Å². The summed E-state index contributed by atoms with van der Waals surface area (Å²) in [6.07, 6.45) is 3.58. The summed E-state index contributed by atoms with van der Waals surface area (Å²) in [4.78, 5) is 11.9. The Kier molecular flexibility index (Phi) is 2.08. The van der Waals surface area contributed by atoms with Crippen molar-refractivity contribution >= 4 is 23.2 Å². The second kappa shape index (κ2) is 3.59. The fraction of sp³-hybridized carbons (Fsp3) is 0.0769. The van der Waals surface area contributed by atoms with E-state index in [1.54, 1.807) is 6.20 Å². The van der Waals surface area contributed by atoms with Crippen molar-refractivity contribution in [3.8, 4) is 0 Å². The Hall–Kier alpha value is -2.36. The number of anilines is 1. The number of hydrogen-bond donors (Lipinski definition) is 2. The van der Waals surface area contributed by atoms with Crippen molar-refractivity contribution in [2.75, 3.05) is 5.32 Å². The largest absolute Gasteiger partial charge is 0.321 e. The smallest absolute Gasteiger partial charge is 0.256 e. The summed E-state index contributed by atoms with van der Waals surface area (Å²) in [5.41, 5.74) is 4.38. The zero-order chi connectivity index (χ0) is 11.8. The summed E-state index contributed by atoms with van der Waals surface area (Å²) in [5.74, 6) is -0.0631. The first-order chi connectivity index (χ1) is 8.25. The van der Waals surface area contributed by atoms with Gasteiger partial charge in [-0.05, 0) is 19.1 Å². The van der Waals surface area contributed by atoms with E-state index in [1.807, 2.05) is 37.3 Å². The molecule has 0 bridgehead atoms. The van der Waals surface area contributed by atoms with Gasteiger partial charge in [0, 0.05) is 28.1 Å². The number of aromatic amines is 1. The molecule has 4 heteroatoms. The third-order valence-corrected chi connectivity index (χ3v) is 2.88. The Labute approximate surface area is 98.4 Å².